The zero-order valence-electron chi connectivity index (χ0n) is 14.8. The molecule has 2 N–H and O–H groups in total. The standard InChI is InChI=1S/C20H19N3O4/c1-14-6-4-7-15(12-14)19(25)23-17-9-3-2-8-16(17)20(26)27-13-18(24)22-11-5-10-21/h2-4,6-9,12H,5,11,13H2,1H3,(H,22,24)(H,23,25). The second-order valence-electron chi connectivity index (χ2n) is 5.70. The third-order valence-corrected chi connectivity index (χ3v) is 3.57. The van der Waals surface area contributed by atoms with E-state index < -0.39 is 18.5 Å². The Balaban J connectivity index is 2.02. The van der Waals surface area contributed by atoms with Crippen LogP contribution >= 0.6 is 0 Å². The van der Waals surface area contributed by atoms with Crippen LogP contribution in [0.2, 0.25) is 0 Å². The molecule has 0 bridgehead atoms. The van der Waals surface area contributed by atoms with Gasteiger partial charge in [0.25, 0.3) is 11.8 Å². The highest BCUT2D eigenvalue weighted by Gasteiger charge is 2.16. The SMILES string of the molecule is Cc1cccc(C(=O)Nc2ccccc2C(=O)OCC(=O)NCCC#N)c1. The number of ether oxygens (including phenoxy) is 1. The number of nitrogens with zero attached hydrogens (tertiary/aromatic N) is 1. The van der Waals surface area contributed by atoms with Gasteiger partial charge >= 0.3 is 5.97 Å². The van der Waals surface area contributed by atoms with Crippen molar-refractivity contribution in [1.29, 1.82) is 5.26 Å². The van der Waals surface area contributed by atoms with Gasteiger partial charge in [-0.3, -0.25) is 9.59 Å². The zero-order valence-corrected chi connectivity index (χ0v) is 14.8. The minimum atomic E-state index is -0.731. The molecule has 0 aliphatic rings. The first kappa shape index (κ1) is 19.7. The number of aryl methyl sites for hydroxylation is 1. The molecule has 138 valence electrons. The first-order valence-electron chi connectivity index (χ1n) is 8.29. The third kappa shape index (κ3) is 5.97. The number of para-hydroxylation sites is 1. The second kappa shape index (κ2) is 9.73. The van der Waals surface area contributed by atoms with Crippen molar-refractivity contribution in [1.82, 2.24) is 5.32 Å². The molecule has 2 rings (SSSR count). The average molecular weight is 365 g/mol. The maximum atomic E-state index is 12.4. The lowest BCUT2D eigenvalue weighted by Crippen LogP contribution is -2.29. The number of rotatable bonds is 7. The van der Waals surface area contributed by atoms with E-state index in [1.54, 1.807) is 36.4 Å². The molecule has 7 nitrogen and oxygen atoms in total. The van der Waals surface area contributed by atoms with Crippen molar-refractivity contribution in [2.24, 2.45) is 0 Å². The Bertz CT molecular complexity index is 887. The van der Waals surface area contributed by atoms with Gasteiger partial charge in [0.1, 0.15) is 0 Å². The molecule has 0 atom stereocenters. The number of anilines is 1. The fourth-order valence-electron chi connectivity index (χ4n) is 2.27. The van der Waals surface area contributed by atoms with E-state index in [9.17, 15) is 14.4 Å². The Hall–Kier alpha value is -3.66. The maximum absolute atomic E-state index is 12.4. The third-order valence-electron chi connectivity index (χ3n) is 3.57. The summed E-state index contributed by atoms with van der Waals surface area (Å²) in [6.07, 6.45) is 0.174. The summed E-state index contributed by atoms with van der Waals surface area (Å²) >= 11 is 0. The predicted molar refractivity (Wildman–Crippen MR) is 99.1 cm³/mol. The molecule has 0 aliphatic heterocycles. The van der Waals surface area contributed by atoms with Gasteiger partial charge in [-0.15, -0.1) is 0 Å². The zero-order chi connectivity index (χ0) is 19.6. The highest BCUT2D eigenvalue weighted by atomic mass is 16.5. The van der Waals surface area contributed by atoms with Crippen molar-refractivity contribution in [3.05, 3.63) is 65.2 Å². The highest BCUT2D eigenvalue weighted by Crippen LogP contribution is 2.17. The smallest absolute Gasteiger partial charge is 0.340 e. The van der Waals surface area contributed by atoms with Gasteiger partial charge in [-0.25, -0.2) is 4.79 Å². The van der Waals surface area contributed by atoms with Crippen LogP contribution in [0.4, 0.5) is 5.69 Å². The molecule has 0 aromatic heterocycles. The van der Waals surface area contributed by atoms with Crippen molar-refractivity contribution in [2.75, 3.05) is 18.5 Å². The summed E-state index contributed by atoms with van der Waals surface area (Å²) in [5.74, 6) is -1.58. The normalized spacial score (nSPS) is 9.78. The Labute approximate surface area is 156 Å². The number of nitriles is 1. The minimum absolute atomic E-state index is 0.142. The molecular formula is C20H19N3O4. The van der Waals surface area contributed by atoms with Crippen molar-refractivity contribution >= 4 is 23.5 Å². The molecule has 27 heavy (non-hydrogen) atoms. The highest BCUT2D eigenvalue weighted by molar-refractivity contribution is 6.08. The largest absolute Gasteiger partial charge is 0.452 e. The molecule has 2 amide bonds. The fraction of sp³-hybridized carbons (Fsp3) is 0.200. The lowest BCUT2D eigenvalue weighted by molar-refractivity contribution is -0.124. The van der Waals surface area contributed by atoms with E-state index in [4.69, 9.17) is 10.00 Å². The van der Waals surface area contributed by atoms with Crippen LogP contribution in [0.15, 0.2) is 48.5 Å². The minimum Gasteiger partial charge on any atom is -0.452 e. The van der Waals surface area contributed by atoms with E-state index in [0.717, 1.165) is 5.56 Å². The van der Waals surface area contributed by atoms with Crippen LogP contribution < -0.4 is 10.6 Å². The molecule has 0 radical (unpaired) electrons. The molecule has 2 aromatic carbocycles. The number of nitrogens with one attached hydrogen (secondary N) is 2. The molecule has 0 saturated carbocycles. The Morgan fingerprint density at radius 1 is 1.11 bits per heavy atom. The van der Waals surface area contributed by atoms with Gasteiger partial charge in [0, 0.05) is 12.1 Å². The monoisotopic (exact) mass is 365 g/mol. The summed E-state index contributed by atoms with van der Waals surface area (Å²) in [6.45, 7) is 1.60. The van der Waals surface area contributed by atoms with Crippen LogP contribution in [0, 0.1) is 18.3 Å². The van der Waals surface area contributed by atoms with Crippen LogP contribution in [-0.2, 0) is 9.53 Å². The quantitative estimate of drug-likeness (QED) is 0.579. The van der Waals surface area contributed by atoms with Crippen molar-refractivity contribution in [3.8, 4) is 6.07 Å². The number of amides is 2. The molecule has 0 aliphatic carbocycles. The van der Waals surface area contributed by atoms with Crippen molar-refractivity contribution in [3.63, 3.8) is 0 Å². The first-order chi connectivity index (χ1) is 13.0. The van der Waals surface area contributed by atoms with Crippen LogP contribution in [-0.4, -0.2) is 30.9 Å². The molecule has 2 aromatic rings. The van der Waals surface area contributed by atoms with Crippen molar-refractivity contribution < 1.29 is 19.1 Å². The van der Waals surface area contributed by atoms with Gasteiger partial charge in [-0.1, -0.05) is 29.8 Å². The number of hydrogen-bond acceptors (Lipinski definition) is 5. The van der Waals surface area contributed by atoms with Gasteiger partial charge in [0.15, 0.2) is 6.61 Å². The van der Waals surface area contributed by atoms with Gasteiger partial charge in [0.2, 0.25) is 0 Å². The van der Waals surface area contributed by atoms with Crippen LogP contribution in [0.1, 0.15) is 32.7 Å². The van der Waals surface area contributed by atoms with Crippen LogP contribution in [0.25, 0.3) is 0 Å². The van der Waals surface area contributed by atoms with Crippen LogP contribution in [0.5, 0.6) is 0 Å². The second-order valence-corrected chi connectivity index (χ2v) is 5.70. The lowest BCUT2D eigenvalue weighted by Gasteiger charge is -2.11. The molecule has 0 unspecified atom stereocenters. The molecule has 0 heterocycles. The summed E-state index contributed by atoms with van der Waals surface area (Å²) in [4.78, 5) is 36.2. The van der Waals surface area contributed by atoms with E-state index in [2.05, 4.69) is 10.6 Å². The van der Waals surface area contributed by atoms with E-state index in [-0.39, 0.29) is 24.4 Å². The number of benzene rings is 2. The van der Waals surface area contributed by atoms with Gasteiger partial charge in [0.05, 0.1) is 23.7 Å². The number of esters is 1. The summed E-state index contributed by atoms with van der Waals surface area (Å²) in [6, 6.07) is 15.3. The number of hydrogen-bond donors (Lipinski definition) is 2. The Kier molecular flexibility index (Phi) is 7.08. The van der Waals surface area contributed by atoms with Crippen LogP contribution in [0.3, 0.4) is 0 Å². The average Bonchev–Trinajstić information content (AvgIpc) is 2.66. The maximum Gasteiger partial charge on any atom is 0.340 e. The molecule has 0 spiro atoms. The van der Waals surface area contributed by atoms with E-state index in [0.29, 0.717) is 11.3 Å². The van der Waals surface area contributed by atoms with E-state index in [1.165, 1.54) is 6.07 Å². The topological polar surface area (TPSA) is 108 Å². The summed E-state index contributed by atoms with van der Waals surface area (Å²) in [5, 5.41) is 13.6. The van der Waals surface area contributed by atoms with E-state index in [1.807, 2.05) is 19.1 Å². The van der Waals surface area contributed by atoms with E-state index >= 15 is 0 Å². The lowest BCUT2D eigenvalue weighted by atomic mass is 10.1. The first-order valence-corrected chi connectivity index (χ1v) is 8.29. The summed E-state index contributed by atoms with van der Waals surface area (Å²) < 4.78 is 4.98. The van der Waals surface area contributed by atoms with Gasteiger partial charge in [-0.2, -0.15) is 5.26 Å². The molecule has 7 heteroatoms. The predicted octanol–water partition coefficient (Wildman–Crippen LogP) is 2.43. The number of carbonyl (C=O) groups is 3. The number of carbonyl (C=O) groups excluding carboxylic acids is 3. The van der Waals surface area contributed by atoms with Gasteiger partial charge < -0.3 is 15.4 Å². The molecule has 0 saturated heterocycles. The fourth-order valence-corrected chi connectivity index (χ4v) is 2.27. The summed E-state index contributed by atoms with van der Waals surface area (Å²) in [7, 11) is 0. The molecular weight excluding hydrogens is 346 g/mol. The van der Waals surface area contributed by atoms with Crippen molar-refractivity contribution in [2.45, 2.75) is 13.3 Å². The molecule has 0 fully saturated rings. The Morgan fingerprint density at radius 3 is 2.63 bits per heavy atom. The summed E-state index contributed by atoms with van der Waals surface area (Å²) in [5.41, 5.74) is 1.84. The Morgan fingerprint density at radius 2 is 1.89 bits per heavy atom. The van der Waals surface area contributed by atoms with Gasteiger partial charge in [-0.05, 0) is 31.2 Å².